The van der Waals surface area contributed by atoms with E-state index in [1.54, 1.807) is 12.4 Å². The van der Waals surface area contributed by atoms with Gasteiger partial charge in [-0.1, -0.05) is 24.3 Å². The lowest BCUT2D eigenvalue weighted by molar-refractivity contribution is -0.132. The third-order valence-corrected chi connectivity index (χ3v) is 5.38. The first-order chi connectivity index (χ1) is 15.1. The van der Waals surface area contributed by atoms with E-state index in [4.69, 9.17) is 9.72 Å². The van der Waals surface area contributed by atoms with Crippen LogP contribution in [0.25, 0.3) is 0 Å². The Hall–Kier alpha value is -3.48. The third-order valence-electron chi connectivity index (χ3n) is 5.38. The van der Waals surface area contributed by atoms with Gasteiger partial charge in [0.1, 0.15) is 17.4 Å². The van der Waals surface area contributed by atoms with E-state index in [1.165, 1.54) is 0 Å². The number of anilines is 2. The number of benzene rings is 1. The van der Waals surface area contributed by atoms with Gasteiger partial charge in [0.05, 0.1) is 37.2 Å². The van der Waals surface area contributed by atoms with E-state index in [0.29, 0.717) is 18.8 Å². The molecule has 0 saturated carbocycles. The van der Waals surface area contributed by atoms with Crippen LogP contribution in [0.4, 0.5) is 11.6 Å². The van der Waals surface area contributed by atoms with Crippen LogP contribution in [0.15, 0.2) is 54.9 Å². The van der Waals surface area contributed by atoms with Crippen molar-refractivity contribution in [2.24, 2.45) is 0 Å². The zero-order valence-corrected chi connectivity index (χ0v) is 17.9. The average molecular weight is 418 g/mol. The molecule has 0 bridgehead atoms. The summed E-state index contributed by atoms with van der Waals surface area (Å²) in [6.07, 6.45) is 5.59. The number of hydrogen-bond donors (Lipinski definition) is 1. The van der Waals surface area contributed by atoms with Crippen LogP contribution in [0, 0.1) is 13.8 Å². The van der Waals surface area contributed by atoms with Crippen LogP contribution < -0.4 is 10.1 Å². The van der Waals surface area contributed by atoms with Gasteiger partial charge in [0.15, 0.2) is 0 Å². The van der Waals surface area contributed by atoms with Gasteiger partial charge in [-0.05, 0) is 50.5 Å². The number of carbonyl (C=O) groups is 1. The highest BCUT2D eigenvalue weighted by atomic mass is 16.5. The number of nitrogens with zero attached hydrogens (tertiary/aromatic N) is 4. The van der Waals surface area contributed by atoms with E-state index in [1.807, 2.05) is 61.2 Å². The van der Waals surface area contributed by atoms with Gasteiger partial charge in [-0.15, -0.1) is 0 Å². The van der Waals surface area contributed by atoms with Gasteiger partial charge < -0.3 is 15.0 Å². The van der Waals surface area contributed by atoms with Crippen molar-refractivity contribution >= 4 is 17.5 Å². The van der Waals surface area contributed by atoms with E-state index in [0.717, 1.165) is 47.9 Å². The smallest absolute Gasteiger partial charge is 0.226 e. The standard InChI is InChI=1S/C24H27N5O2/c1-17-7-3-4-10-21(17)31-14-12-24(30)29-13-6-9-20(29)19-15-25-16-23(27-19)28-22-11-5-8-18(2)26-22/h3-5,7-8,10-11,15-16,20H,6,9,12-14H2,1-2H3,(H,26,27,28)/t20-/m0/s1. The molecule has 7 nitrogen and oxygen atoms in total. The summed E-state index contributed by atoms with van der Waals surface area (Å²) in [6, 6.07) is 13.5. The number of hydrogen-bond acceptors (Lipinski definition) is 6. The Bertz CT molecular complexity index is 1060. The fraction of sp³-hybridized carbons (Fsp3) is 0.333. The molecular formula is C24H27N5O2. The largest absolute Gasteiger partial charge is 0.493 e. The fourth-order valence-corrected chi connectivity index (χ4v) is 3.83. The molecule has 1 fully saturated rings. The number of para-hydroxylation sites is 1. The highest BCUT2D eigenvalue weighted by Crippen LogP contribution is 2.31. The van der Waals surface area contributed by atoms with Crippen LogP contribution in [0.5, 0.6) is 5.75 Å². The molecule has 0 spiro atoms. The number of nitrogens with one attached hydrogen (secondary N) is 1. The Morgan fingerprint density at radius 3 is 2.81 bits per heavy atom. The lowest BCUT2D eigenvalue weighted by Gasteiger charge is -2.24. The van der Waals surface area contributed by atoms with Crippen LogP contribution in [0.3, 0.4) is 0 Å². The minimum absolute atomic E-state index is 0.0642. The van der Waals surface area contributed by atoms with Crippen LogP contribution in [0.2, 0.25) is 0 Å². The number of aromatic nitrogens is 3. The van der Waals surface area contributed by atoms with Gasteiger partial charge in [0, 0.05) is 12.2 Å². The summed E-state index contributed by atoms with van der Waals surface area (Å²) in [5.41, 5.74) is 2.79. The Morgan fingerprint density at radius 2 is 1.97 bits per heavy atom. The third kappa shape index (κ3) is 5.17. The summed E-state index contributed by atoms with van der Waals surface area (Å²) in [5, 5.41) is 3.20. The average Bonchev–Trinajstić information content (AvgIpc) is 3.25. The number of pyridine rings is 1. The first kappa shape index (κ1) is 20.8. The summed E-state index contributed by atoms with van der Waals surface area (Å²) in [5.74, 6) is 2.25. The summed E-state index contributed by atoms with van der Waals surface area (Å²) < 4.78 is 5.81. The van der Waals surface area contributed by atoms with Crippen LogP contribution in [0.1, 0.15) is 42.3 Å². The first-order valence-electron chi connectivity index (χ1n) is 10.6. The minimum Gasteiger partial charge on any atom is -0.493 e. The molecule has 1 aliphatic heterocycles. The molecular weight excluding hydrogens is 390 g/mol. The molecule has 1 saturated heterocycles. The Morgan fingerprint density at radius 1 is 1.10 bits per heavy atom. The van der Waals surface area contributed by atoms with Crippen molar-refractivity contribution in [3.05, 3.63) is 71.8 Å². The summed E-state index contributed by atoms with van der Waals surface area (Å²) in [4.78, 5) is 28.3. The van der Waals surface area contributed by atoms with Gasteiger partial charge in [-0.2, -0.15) is 0 Å². The summed E-state index contributed by atoms with van der Waals surface area (Å²) >= 11 is 0. The van der Waals surface area contributed by atoms with Crippen molar-refractivity contribution in [3.8, 4) is 5.75 Å². The Labute approximate surface area is 182 Å². The van der Waals surface area contributed by atoms with Gasteiger partial charge >= 0.3 is 0 Å². The van der Waals surface area contributed by atoms with Crippen molar-refractivity contribution < 1.29 is 9.53 Å². The number of amides is 1. The molecule has 3 aromatic rings. The van der Waals surface area contributed by atoms with Gasteiger partial charge in [-0.25, -0.2) is 9.97 Å². The van der Waals surface area contributed by atoms with Crippen molar-refractivity contribution in [2.75, 3.05) is 18.5 Å². The van der Waals surface area contributed by atoms with E-state index >= 15 is 0 Å². The van der Waals surface area contributed by atoms with Crippen molar-refractivity contribution in [1.29, 1.82) is 0 Å². The molecule has 1 aromatic carbocycles. The Kier molecular flexibility index (Phi) is 6.40. The first-order valence-corrected chi connectivity index (χ1v) is 10.6. The summed E-state index contributed by atoms with van der Waals surface area (Å²) in [6.45, 7) is 5.03. The van der Waals surface area contributed by atoms with Crippen molar-refractivity contribution in [2.45, 2.75) is 39.2 Å². The zero-order valence-electron chi connectivity index (χ0n) is 17.9. The Balaban J connectivity index is 1.39. The van der Waals surface area contributed by atoms with Crippen LogP contribution in [-0.2, 0) is 4.79 Å². The lowest BCUT2D eigenvalue weighted by Crippen LogP contribution is -2.32. The number of likely N-dealkylation sites (tertiary alicyclic amines) is 1. The maximum absolute atomic E-state index is 12.9. The molecule has 31 heavy (non-hydrogen) atoms. The molecule has 1 atom stereocenters. The molecule has 0 unspecified atom stereocenters. The second-order valence-corrected chi connectivity index (χ2v) is 7.73. The molecule has 4 rings (SSSR count). The van der Waals surface area contributed by atoms with Gasteiger partial charge in [0.2, 0.25) is 5.91 Å². The monoisotopic (exact) mass is 417 g/mol. The van der Waals surface area contributed by atoms with Crippen LogP contribution in [-0.4, -0.2) is 38.9 Å². The molecule has 3 heterocycles. The molecule has 0 radical (unpaired) electrons. The molecule has 7 heteroatoms. The van der Waals surface area contributed by atoms with E-state index in [2.05, 4.69) is 15.3 Å². The molecule has 0 aliphatic carbocycles. The normalized spacial score (nSPS) is 15.7. The predicted octanol–water partition coefficient (Wildman–Crippen LogP) is 4.36. The molecule has 1 aliphatic rings. The van der Waals surface area contributed by atoms with Gasteiger partial charge in [-0.3, -0.25) is 9.78 Å². The van der Waals surface area contributed by atoms with Crippen LogP contribution >= 0.6 is 0 Å². The molecule has 160 valence electrons. The van der Waals surface area contributed by atoms with Crippen molar-refractivity contribution in [1.82, 2.24) is 19.9 Å². The number of aryl methyl sites for hydroxylation is 2. The predicted molar refractivity (Wildman–Crippen MR) is 119 cm³/mol. The molecule has 2 aromatic heterocycles. The second kappa shape index (κ2) is 9.55. The number of carbonyl (C=O) groups excluding carboxylic acids is 1. The van der Waals surface area contributed by atoms with E-state index < -0.39 is 0 Å². The lowest BCUT2D eigenvalue weighted by atomic mass is 10.1. The number of rotatable bonds is 7. The van der Waals surface area contributed by atoms with E-state index in [9.17, 15) is 4.79 Å². The molecule has 1 amide bonds. The maximum atomic E-state index is 12.9. The second-order valence-electron chi connectivity index (χ2n) is 7.73. The number of ether oxygens (including phenoxy) is 1. The quantitative estimate of drug-likeness (QED) is 0.615. The SMILES string of the molecule is Cc1cccc(Nc2cncc([C@@H]3CCCN3C(=O)CCOc3ccccc3C)n2)n1. The minimum atomic E-state index is -0.0642. The highest BCUT2D eigenvalue weighted by Gasteiger charge is 2.31. The van der Waals surface area contributed by atoms with Gasteiger partial charge in [0.25, 0.3) is 0 Å². The zero-order chi connectivity index (χ0) is 21.6. The van der Waals surface area contributed by atoms with E-state index in [-0.39, 0.29) is 11.9 Å². The topological polar surface area (TPSA) is 80.2 Å². The fourth-order valence-electron chi connectivity index (χ4n) is 3.83. The molecule has 1 N–H and O–H groups in total. The maximum Gasteiger partial charge on any atom is 0.226 e. The highest BCUT2D eigenvalue weighted by molar-refractivity contribution is 5.77. The van der Waals surface area contributed by atoms with Crippen molar-refractivity contribution in [3.63, 3.8) is 0 Å². The summed E-state index contributed by atoms with van der Waals surface area (Å²) in [7, 11) is 0.